The van der Waals surface area contributed by atoms with E-state index in [-0.39, 0.29) is 25.3 Å². The summed E-state index contributed by atoms with van der Waals surface area (Å²) < 4.78 is 5.05. The van der Waals surface area contributed by atoms with Gasteiger partial charge in [-0.25, -0.2) is 0 Å². The maximum Gasteiger partial charge on any atom is 0.309 e. The fraction of sp³-hybridized carbons (Fsp3) is 0.875. The highest BCUT2D eigenvalue weighted by molar-refractivity contribution is 6.35. The van der Waals surface area contributed by atoms with E-state index in [1.165, 1.54) is 19.3 Å². The van der Waals surface area contributed by atoms with E-state index in [1.807, 2.05) is 0 Å². The quantitative estimate of drug-likeness (QED) is 0.483. The van der Waals surface area contributed by atoms with Crippen molar-refractivity contribution in [2.24, 2.45) is 17.8 Å². The molecule has 0 radical (unpaired) electrons. The molecule has 0 saturated heterocycles. The highest BCUT2D eigenvalue weighted by atomic mass is 16.5. The van der Waals surface area contributed by atoms with Crippen molar-refractivity contribution < 1.29 is 19.4 Å². The van der Waals surface area contributed by atoms with Crippen molar-refractivity contribution in [1.29, 1.82) is 0 Å². The summed E-state index contributed by atoms with van der Waals surface area (Å²) in [7, 11) is 0. The Morgan fingerprint density at radius 1 is 1.00 bits per heavy atom. The van der Waals surface area contributed by atoms with Gasteiger partial charge in [0.25, 0.3) is 0 Å². The van der Waals surface area contributed by atoms with E-state index in [0.717, 1.165) is 37.0 Å². The molecule has 6 nitrogen and oxygen atoms in total. The van der Waals surface area contributed by atoms with Crippen LogP contribution in [-0.2, 0) is 14.3 Å². The number of nitrogens with one attached hydrogen (secondary N) is 2. The maximum atomic E-state index is 12.1. The van der Waals surface area contributed by atoms with Gasteiger partial charge in [0.1, 0.15) is 0 Å². The van der Waals surface area contributed by atoms with Crippen LogP contribution in [0, 0.1) is 17.8 Å². The topological polar surface area (TPSA) is 87.7 Å². The fourth-order valence-corrected chi connectivity index (χ4v) is 5.04. The second kappa shape index (κ2) is 6.54. The summed E-state index contributed by atoms with van der Waals surface area (Å²) in [5.41, 5.74) is -0.128. The molecule has 0 aromatic rings. The van der Waals surface area contributed by atoms with Gasteiger partial charge >= 0.3 is 11.8 Å². The van der Waals surface area contributed by atoms with Gasteiger partial charge in [-0.05, 0) is 56.3 Å². The molecule has 0 atom stereocenters. The molecule has 124 valence electrons. The second-order valence-corrected chi connectivity index (χ2v) is 7.24. The molecule has 4 aliphatic carbocycles. The van der Waals surface area contributed by atoms with E-state index in [9.17, 15) is 9.59 Å². The van der Waals surface area contributed by atoms with Gasteiger partial charge < -0.3 is 20.5 Å². The van der Waals surface area contributed by atoms with Gasteiger partial charge in [-0.1, -0.05) is 0 Å². The molecule has 0 unspecified atom stereocenters. The minimum atomic E-state index is -0.580. The molecule has 0 spiro atoms. The summed E-state index contributed by atoms with van der Waals surface area (Å²) in [6, 6.07) is 0. The normalized spacial score (nSPS) is 35.4. The molecule has 6 heteroatoms. The minimum absolute atomic E-state index is 0.0412. The van der Waals surface area contributed by atoms with Gasteiger partial charge in [0.05, 0.1) is 19.8 Å². The van der Waals surface area contributed by atoms with Gasteiger partial charge in [0.2, 0.25) is 0 Å². The van der Waals surface area contributed by atoms with Crippen LogP contribution in [0.1, 0.15) is 38.5 Å². The highest BCUT2D eigenvalue weighted by Crippen LogP contribution is 2.55. The Balaban J connectivity index is 1.46. The lowest BCUT2D eigenvalue weighted by Gasteiger charge is -2.56. The number of carbonyl (C=O) groups is 2. The van der Waals surface area contributed by atoms with Crippen molar-refractivity contribution in [2.75, 3.05) is 26.4 Å². The number of hydrogen-bond donors (Lipinski definition) is 3. The first kappa shape index (κ1) is 15.7. The van der Waals surface area contributed by atoms with Crippen molar-refractivity contribution in [3.8, 4) is 0 Å². The zero-order valence-corrected chi connectivity index (χ0v) is 13.0. The summed E-state index contributed by atoms with van der Waals surface area (Å²) in [4.78, 5) is 24.0. The summed E-state index contributed by atoms with van der Waals surface area (Å²) >= 11 is 0. The largest absolute Gasteiger partial charge is 0.394 e. The Bertz CT molecular complexity index is 403. The molecular formula is C16H26N2O4. The molecule has 4 aliphatic rings. The van der Waals surface area contributed by atoms with Gasteiger partial charge in [-0.3, -0.25) is 9.59 Å². The third-order valence-corrected chi connectivity index (χ3v) is 5.39. The molecule has 0 aromatic heterocycles. The van der Waals surface area contributed by atoms with Crippen molar-refractivity contribution >= 4 is 11.8 Å². The Morgan fingerprint density at radius 2 is 1.59 bits per heavy atom. The lowest BCUT2D eigenvalue weighted by Crippen LogP contribution is -2.61. The molecule has 0 heterocycles. The summed E-state index contributed by atoms with van der Waals surface area (Å²) in [6.45, 7) is 0.792. The molecule has 0 aromatic carbocycles. The summed E-state index contributed by atoms with van der Waals surface area (Å²) in [5, 5.41) is 14.2. The zero-order chi connectivity index (χ0) is 15.6. The molecule has 4 saturated carbocycles. The lowest BCUT2D eigenvalue weighted by atomic mass is 9.53. The van der Waals surface area contributed by atoms with Gasteiger partial charge in [-0.2, -0.15) is 0 Å². The predicted molar refractivity (Wildman–Crippen MR) is 80.0 cm³/mol. The van der Waals surface area contributed by atoms with E-state index in [2.05, 4.69) is 10.6 Å². The van der Waals surface area contributed by atoms with Crippen LogP contribution in [-0.4, -0.2) is 48.8 Å². The summed E-state index contributed by atoms with van der Waals surface area (Å²) in [6.07, 6.45) is 7.05. The zero-order valence-electron chi connectivity index (χ0n) is 13.0. The van der Waals surface area contributed by atoms with Crippen molar-refractivity contribution in [2.45, 2.75) is 44.1 Å². The molecule has 0 aliphatic heterocycles. The average molecular weight is 310 g/mol. The first-order valence-corrected chi connectivity index (χ1v) is 8.39. The fourth-order valence-electron chi connectivity index (χ4n) is 5.04. The third kappa shape index (κ3) is 3.43. The molecule has 22 heavy (non-hydrogen) atoms. The third-order valence-electron chi connectivity index (χ3n) is 5.39. The highest BCUT2D eigenvalue weighted by Gasteiger charge is 2.51. The number of aliphatic hydroxyl groups is 1. The first-order valence-electron chi connectivity index (χ1n) is 8.39. The SMILES string of the molecule is O=C(NCCOCCO)C(=O)NC12CC3CC(CC(C3)C1)C2. The number of rotatable bonds is 6. The van der Waals surface area contributed by atoms with Crippen LogP contribution >= 0.6 is 0 Å². The second-order valence-electron chi connectivity index (χ2n) is 7.24. The van der Waals surface area contributed by atoms with E-state index >= 15 is 0 Å². The van der Waals surface area contributed by atoms with Crippen LogP contribution in [0.5, 0.6) is 0 Å². The molecule has 4 fully saturated rings. The van der Waals surface area contributed by atoms with Crippen LogP contribution in [0.15, 0.2) is 0 Å². The van der Waals surface area contributed by atoms with E-state index in [4.69, 9.17) is 9.84 Å². The standard InChI is InChI=1S/C16H26N2O4/c19-2-4-22-3-1-17-14(20)15(21)18-16-8-11-5-12(9-16)7-13(6-11)10-16/h11-13,19H,1-10H2,(H,17,20)(H,18,21). The van der Waals surface area contributed by atoms with Crippen LogP contribution in [0.2, 0.25) is 0 Å². The number of carbonyl (C=O) groups excluding carboxylic acids is 2. The Kier molecular flexibility index (Phi) is 4.68. The average Bonchev–Trinajstić information content (AvgIpc) is 2.44. The monoisotopic (exact) mass is 310 g/mol. The minimum Gasteiger partial charge on any atom is -0.394 e. The Labute approximate surface area is 131 Å². The van der Waals surface area contributed by atoms with Crippen LogP contribution in [0.3, 0.4) is 0 Å². The van der Waals surface area contributed by atoms with E-state index in [1.54, 1.807) is 0 Å². The van der Waals surface area contributed by atoms with Gasteiger partial charge in [0.15, 0.2) is 0 Å². The number of hydrogen-bond acceptors (Lipinski definition) is 4. The molecule has 4 rings (SSSR count). The number of amides is 2. The molecule has 2 amide bonds. The van der Waals surface area contributed by atoms with Gasteiger partial charge in [0, 0.05) is 12.1 Å². The van der Waals surface area contributed by atoms with Crippen molar-refractivity contribution in [3.05, 3.63) is 0 Å². The number of aliphatic hydroxyl groups excluding tert-OH is 1. The lowest BCUT2D eigenvalue weighted by molar-refractivity contribution is -0.142. The molecular weight excluding hydrogens is 284 g/mol. The maximum absolute atomic E-state index is 12.1. The van der Waals surface area contributed by atoms with Crippen LogP contribution in [0.25, 0.3) is 0 Å². The number of ether oxygens (including phenoxy) is 1. The predicted octanol–water partition coefficient (Wildman–Crippen LogP) is 0.197. The summed E-state index contributed by atoms with van der Waals surface area (Å²) in [5.74, 6) is 1.12. The van der Waals surface area contributed by atoms with Crippen molar-refractivity contribution in [3.63, 3.8) is 0 Å². The first-order chi connectivity index (χ1) is 10.6. The Hall–Kier alpha value is -1.14. The Morgan fingerprint density at radius 3 is 2.14 bits per heavy atom. The van der Waals surface area contributed by atoms with E-state index in [0.29, 0.717) is 6.61 Å². The van der Waals surface area contributed by atoms with Gasteiger partial charge in [-0.15, -0.1) is 0 Å². The van der Waals surface area contributed by atoms with Crippen molar-refractivity contribution in [1.82, 2.24) is 10.6 Å². The molecule has 4 bridgehead atoms. The smallest absolute Gasteiger partial charge is 0.309 e. The van der Waals surface area contributed by atoms with Crippen LogP contribution in [0.4, 0.5) is 0 Å². The van der Waals surface area contributed by atoms with E-state index < -0.39 is 11.8 Å². The molecule has 3 N–H and O–H groups in total. The van der Waals surface area contributed by atoms with Crippen LogP contribution < -0.4 is 10.6 Å².